The molecule has 18 heavy (non-hydrogen) atoms. The van der Waals surface area contributed by atoms with Crippen molar-refractivity contribution in [2.24, 2.45) is 5.41 Å². The van der Waals surface area contributed by atoms with Crippen molar-refractivity contribution < 1.29 is 4.79 Å². The quantitative estimate of drug-likeness (QED) is 0.804. The zero-order chi connectivity index (χ0) is 13.1. The molecule has 0 spiro atoms. The van der Waals surface area contributed by atoms with Crippen LogP contribution in [0, 0.1) is 5.41 Å². The Morgan fingerprint density at radius 2 is 2.11 bits per heavy atom. The molecule has 0 aromatic rings. The van der Waals surface area contributed by atoms with E-state index in [4.69, 9.17) is 0 Å². The average molecular weight is 270 g/mol. The summed E-state index contributed by atoms with van der Waals surface area (Å²) in [5, 5.41) is 6.62. The fraction of sp³-hybridized carbons (Fsp3) is 0.929. The normalized spacial score (nSPS) is 30.6. The summed E-state index contributed by atoms with van der Waals surface area (Å²) in [6.45, 7) is 4.90. The van der Waals surface area contributed by atoms with E-state index in [0.29, 0.717) is 4.75 Å². The minimum Gasteiger partial charge on any atom is -0.354 e. The first-order valence-electron chi connectivity index (χ1n) is 7.21. The van der Waals surface area contributed by atoms with Crippen LogP contribution in [-0.2, 0) is 4.79 Å². The first-order chi connectivity index (χ1) is 8.66. The van der Waals surface area contributed by atoms with Gasteiger partial charge in [-0.2, -0.15) is 11.8 Å². The van der Waals surface area contributed by atoms with Gasteiger partial charge in [0.1, 0.15) is 0 Å². The van der Waals surface area contributed by atoms with Crippen LogP contribution in [0.2, 0.25) is 0 Å². The van der Waals surface area contributed by atoms with Gasteiger partial charge in [-0.15, -0.1) is 0 Å². The summed E-state index contributed by atoms with van der Waals surface area (Å²) in [6.07, 6.45) is 9.10. The molecule has 1 aliphatic carbocycles. The van der Waals surface area contributed by atoms with Gasteiger partial charge < -0.3 is 10.6 Å². The van der Waals surface area contributed by atoms with Crippen molar-refractivity contribution in [2.75, 3.05) is 25.9 Å². The topological polar surface area (TPSA) is 41.1 Å². The van der Waals surface area contributed by atoms with Gasteiger partial charge in [-0.05, 0) is 44.9 Å². The lowest BCUT2D eigenvalue weighted by Gasteiger charge is -2.42. The molecule has 1 amide bonds. The van der Waals surface area contributed by atoms with E-state index in [1.165, 1.54) is 19.3 Å². The lowest BCUT2D eigenvalue weighted by atomic mass is 9.77. The summed E-state index contributed by atoms with van der Waals surface area (Å²) < 4.78 is 0.340. The smallest absolute Gasteiger partial charge is 0.227 e. The summed E-state index contributed by atoms with van der Waals surface area (Å²) in [5.41, 5.74) is -0.151. The number of thioether (sulfide) groups is 1. The molecular formula is C14H26N2OS. The number of amides is 1. The van der Waals surface area contributed by atoms with Gasteiger partial charge in [0.05, 0.1) is 5.41 Å². The van der Waals surface area contributed by atoms with Crippen molar-refractivity contribution in [3.05, 3.63) is 0 Å². The van der Waals surface area contributed by atoms with Gasteiger partial charge in [-0.3, -0.25) is 4.79 Å². The molecule has 3 nitrogen and oxygen atoms in total. The van der Waals surface area contributed by atoms with Crippen LogP contribution in [0.15, 0.2) is 0 Å². The molecule has 1 saturated carbocycles. The van der Waals surface area contributed by atoms with Gasteiger partial charge in [0.2, 0.25) is 5.91 Å². The Labute approximate surface area is 115 Å². The van der Waals surface area contributed by atoms with Crippen molar-refractivity contribution in [2.45, 2.75) is 50.2 Å². The molecular weight excluding hydrogens is 244 g/mol. The van der Waals surface area contributed by atoms with Crippen LogP contribution in [0.1, 0.15) is 45.4 Å². The highest BCUT2D eigenvalue weighted by Gasteiger charge is 2.41. The number of hydrogen-bond donors (Lipinski definition) is 2. The van der Waals surface area contributed by atoms with Crippen molar-refractivity contribution >= 4 is 17.7 Å². The highest BCUT2D eigenvalue weighted by molar-refractivity contribution is 8.00. The van der Waals surface area contributed by atoms with Crippen LogP contribution in [0.4, 0.5) is 0 Å². The Kier molecular flexibility index (Phi) is 4.59. The van der Waals surface area contributed by atoms with Crippen LogP contribution in [0.25, 0.3) is 0 Å². The maximum Gasteiger partial charge on any atom is 0.227 e. The fourth-order valence-corrected chi connectivity index (χ4v) is 3.99. The van der Waals surface area contributed by atoms with Crippen LogP contribution in [0.3, 0.4) is 0 Å². The summed E-state index contributed by atoms with van der Waals surface area (Å²) >= 11 is 1.92. The van der Waals surface area contributed by atoms with Gasteiger partial charge in [0, 0.05) is 17.8 Å². The van der Waals surface area contributed by atoms with Gasteiger partial charge in [0.25, 0.3) is 0 Å². The number of carbonyl (C=O) groups is 1. The van der Waals surface area contributed by atoms with E-state index in [1.54, 1.807) is 0 Å². The molecule has 1 saturated heterocycles. The first-order valence-corrected chi connectivity index (χ1v) is 8.43. The van der Waals surface area contributed by atoms with Gasteiger partial charge in [-0.25, -0.2) is 0 Å². The van der Waals surface area contributed by atoms with E-state index < -0.39 is 0 Å². The first kappa shape index (κ1) is 14.2. The molecule has 1 unspecified atom stereocenters. The average Bonchev–Trinajstić information content (AvgIpc) is 2.38. The molecule has 1 atom stereocenters. The largest absolute Gasteiger partial charge is 0.354 e. The van der Waals surface area contributed by atoms with Crippen molar-refractivity contribution in [1.82, 2.24) is 10.6 Å². The zero-order valence-corrected chi connectivity index (χ0v) is 12.5. The van der Waals surface area contributed by atoms with E-state index >= 15 is 0 Å². The van der Waals surface area contributed by atoms with E-state index in [0.717, 1.165) is 38.9 Å². The maximum absolute atomic E-state index is 12.5. The maximum atomic E-state index is 12.5. The molecule has 104 valence electrons. The molecule has 2 aliphatic rings. The third kappa shape index (κ3) is 2.69. The number of nitrogens with one attached hydrogen (secondary N) is 2. The van der Waals surface area contributed by atoms with E-state index in [-0.39, 0.29) is 11.3 Å². The Bertz CT molecular complexity index is 291. The highest BCUT2D eigenvalue weighted by Crippen LogP contribution is 2.42. The lowest BCUT2D eigenvalue weighted by Crippen LogP contribution is -2.53. The highest BCUT2D eigenvalue weighted by atomic mass is 32.2. The third-order valence-corrected chi connectivity index (χ3v) is 6.32. The SMILES string of the molecule is CCC1(C(=O)NCC2(SC)CCC2)CCCNC1. The number of piperidine rings is 1. The van der Waals surface area contributed by atoms with Crippen LogP contribution >= 0.6 is 11.8 Å². The molecule has 2 N–H and O–H groups in total. The second-order valence-corrected chi connectivity index (χ2v) is 7.11. The van der Waals surface area contributed by atoms with Crippen molar-refractivity contribution in [3.63, 3.8) is 0 Å². The molecule has 1 aliphatic heterocycles. The number of hydrogen-bond acceptors (Lipinski definition) is 3. The van der Waals surface area contributed by atoms with E-state index in [1.807, 2.05) is 11.8 Å². The molecule has 0 bridgehead atoms. The zero-order valence-electron chi connectivity index (χ0n) is 11.7. The lowest BCUT2D eigenvalue weighted by molar-refractivity contribution is -0.132. The standard InChI is InChI=1S/C14H26N2OS/c1-3-13(6-5-9-15-10-13)12(17)16-11-14(18-2)7-4-8-14/h15H,3-11H2,1-2H3,(H,16,17). The van der Waals surface area contributed by atoms with Crippen molar-refractivity contribution in [3.8, 4) is 0 Å². The minimum absolute atomic E-state index is 0.151. The van der Waals surface area contributed by atoms with Crippen LogP contribution in [0.5, 0.6) is 0 Å². The predicted octanol–water partition coefficient (Wildman–Crippen LogP) is 2.17. The van der Waals surface area contributed by atoms with Crippen LogP contribution < -0.4 is 10.6 Å². The second kappa shape index (κ2) is 5.83. The molecule has 2 rings (SSSR count). The molecule has 0 aromatic heterocycles. The molecule has 0 aromatic carbocycles. The number of carbonyl (C=O) groups excluding carboxylic acids is 1. The monoisotopic (exact) mass is 270 g/mol. The fourth-order valence-electron chi connectivity index (χ4n) is 3.08. The van der Waals surface area contributed by atoms with Gasteiger partial charge >= 0.3 is 0 Å². The van der Waals surface area contributed by atoms with Gasteiger partial charge in [0.15, 0.2) is 0 Å². The summed E-state index contributed by atoms with van der Waals surface area (Å²) in [5.74, 6) is 0.275. The minimum atomic E-state index is -0.151. The summed E-state index contributed by atoms with van der Waals surface area (Å²) in [7, 11) is 0. The third-order valence-electron chi connectivity index (χ3n) is 4.90. The molecule has 1 heterocycles. The Hall–Kier alpha value is -0.220. The Balaban J connectivity index is 1.89. The van der Waals surface area contributed by atoms with Crippen molar-refractivity contribution in [1.29, 1.82) is 0 Å². The Morgan fingerprint density at radius 3 is 2.56 bits per heavy atom. The van der Waals surface area contributed by atoms with E-state index in [9.17, 15) is 4.79 Å². The van der Waals surface area contributed by atoms with E-state index in [2.05, 4.69) is 23.8 Å². The molecule has 2 fully saturated rings. The number of rotatable bonds is 5. The molecule has 0 radical (unpaired) electrons. The second-order valence-electron chi connectivity index (χ2n) is 5.84. The summed E-state index contributed by atoms with van der Waals surface area (Å²) in [4.78, 5) is 12.5. The van der Waals surface area contributed by atoms with Gasteiger partial charge in [-0.1, -0.05) is 13.3 Å². The Morgan fingerprint density at radius 1 is 1.33 bits per heavy atom. The summed E-state index contributed by atoms with van der Waals surface area (Å²) in [6, 6.07) is 0. The van der Waals surface area contributed by atoms with Crippen LogP contribution in [-0.4, -0.2) is 36.5 Å². The molecule has 4 heteroatoms. The predicted molar refractivity (Wildman–Crippen MR) is 77.9 cm³/mol.